The van der Waals surface area contributed by atoms with Gasteiger partial charge < -0.3 is 9.88 Å². The third kappa shape index (κ3) is 2.38. The van der Waals surface area contributed by atoms with E-state index in [1.54, 1.807) is 24.0 Å². The molecule has 1 amide bonds. The van der Waals surface area contributed by atoms with Crippen LogP contribution >= 0.6 is 0 Å². The number of nitrogens with one attached hydrogen (secondary N) is 1. The zero-order valence-electron chi connectivity index (χ0n) is 10.9. The summed E-state index contributed by atoms with van der Waals surface area (Å²) in [6.07, 6.45) is 7.53. The molecule has 0 radical (unpaired) electrons. The van der Waals surface area contributed by atoms with Gasteiger partial charge in [-0.05, 0) is 18.4 Å². The lowest BCUT2D eigenvalue weighted by Gasteiger charge is -2.23. The molecule has 0 saturated heterocycles. The van der Waals surface area contributed by atoms with E-state index in [0.717, 1.165) is 25.2 Å². The first-order valence-electron chi connectivity index (χ1n) is 6.50. The number of nitrogens with zero attached hydrogens (tertiary/aromatic N) is 4. The standard InChI is InChI=1S/C13H17N5O/c1-17-11(4-5-16-17)13(19)15-8-10-2-3-12-14-6-7-18(12)9-10/h4-7,10H,2-3,8-9H2,1H3,(H,15,19)/t10-/m1/s1. The Morgan fingerprint density at radius 1 is 1.53 bits per heavy atom. The second kappa shape index (κ2) is 4.87. The predicted molar refractivity (Wildman–Crippen MR) is 69.6 cm³/mol. The molecular weight excluding hydrogens is 242 g/mol. The summed E-state index contributed by atoms with van der Waals surface area (Å²) in [5.41, 5.74) is 0.596. The van der Waals surface area contributed by atoms with Crippen molar-refractivity contribution >= 4 is 5.91 Å². The van der Waals surface area contributed by atoms with Crippen LogP contribution in [0, 0.1) is 5.92 Å². The normalized spacial score (nSPS) is 18.1. The number of aryl methyl sites for hydroxylation is 2. The molecule has 2 aromatic heterocycles. The fourth-order valence-electron chi connectivity index (χ4n) is 2.53. The lowest BCUT2D eigenvalue weighted by Crippen LogP contribution is -2.34. The Labute approximate surface area is 111 Å². The number of aromatic nitrogens is 4. The average Bonchev–Trinajstić information content (AvgIpc) is 3.03. The third-order valence-corrected chi connectivity index (χ3v) is 3.64. The molecule has 100 valence electrons. The van der Waals surface area contributed by atoms with Crippen molar-refractivity contribution in [3.8, 4) is 0 Å². The molecule has 6 heteroatoms. The summed E-state index contributed by atoms with van der Waals surface area (Å²) in [7, 11) is 1.77. The molecule has 1 aliphatic rings. The van der Waals surface area contributed by atoms with Crippen LogP contribution in [0.25, 0.3) is 0 Å². The Balaban J connectivity index is 1.56. The lowest BCUT2D eigenvalue weighted by molar-refractivity contribution is 0.0934. The summed E-state index contributed by atoms with van der Waals surface area (Å²) >= 11 is 0. The molecule has 6 nitrogen and oxygen atoms in total. The van der Waals surface area contributed by atoms with Gasteiger partial charge in [0.25, 0.3) is 5.91 Å². The van der Waals surface area contributed by atoms with Crippen LogP contribution in [0.3, 0.4) is 0 Å². The largest absolute Gasteiger partial charge is 0.350 e. The van der Waals surface area contributed by atoms with Crippen LogP contribution in [0.2, 0.25) is 0 Å². The number of hydrogen-bond acceptors (Lipinski definition) is 3. The van der Waals surface area contributed by atoms with Gasteiger partial charge in [-0.1, -0.05) is 0 Å². The molecule has 3 rings (SSSR count). The molecule has 0 aliphatic carbocycles. The van der Waals surface area contributed by atoms with E-state index in [4.69, 9.17) is 0 Å². The fraction of sp³-hybridized carbons (Fsp3) is 0.462. The first kappa shape index (κ1) is 12.0. The van der Waals surface area contributed by atoms with E-state index < -0.39 is 0 Å². The van der Waals surface area contributed by atoms with Gasteiger partial charge in [-0.15, -0.1) is 0 Å². The monoisotopic (exact) mass is 259 g/mol. The van der Waals surface area contributed by atoms with Crippen LogP contribution in [0.1, 0.15) is 22.7 Å². The topological polar surface area (TPSA) is 64.7 Å². The van der Waals surface area contributed by atoms with E-state index in [0.29, 0.717) is 18.2 Å². The van der Waals surface area contributed by atoms with Crippen LogP contribution in [-0.2, 0) is 20.0 Å². The van der Waals surface area contributed by atoms with Crippen LogP contribution in [0.15, 0.2) is 24.7 Å². The van der Waals surface area contributed by atoms with Crippen LogP contribution < -0.4 is 5.32 Å². The van der Waals surface area contributed by atoms with Crippen molar-refractivity contribution in [2.75, 3.05) is 6.54 Å². The van der Waals surface area contributed by atoms with Crippen LogP contribution in [0.4, 0.5) is 0 Å². The maximum absolute atomic E-state index is 12.0. The maximum atomic E-state index is 12.0. The minimum absolute atomic E-state index is 0.0589. The quantitative estimate of drug-likeness (QED) is 0.878. The van der Waals surface area contributed by atoms with E-state index in [2.05, 4.69) is 20.0 Å². The average molecular weight is 259 g/mol. The lowest BCUT2D eigenvalue weighted by atomic mass is 9.99. The third-order valence-electron chi connectivity index (χ3n) is 3.64. The molecule has 1 N–H and O–H groups in total. The summed E-state index contributed by atoms with van der Waals surface area (Å²) in [6, 6.07) is 1.73. The zero-order valence-corrected chi connectivity index (χ0v) is 10.9. The SMILES string of the molecule is Cn1nccc1C(=O)NC[C@H]1CCc2nccn2C1. The van der Waals surface area contributed by atoms with Crippen LogP contribution in [-0.4, -0.2) is 31.8 Å². The van der Waals surface area contributed by atoms with E-state index in [9.17, 15) is 4.79 Å². The second-order valence-corrected chi connectivity index (χ2v) is 4.95. The van der Waals surface area contributed by atoms with Gasteiger partial charge in [0.05, 0.1) is 0 Å². The Bertz CT molecular complexity index is 585. The molecular formula is C13H17N5O. The molecule has 0 aromatic carbocycles. The molecule has 0 saturated carbocycles. The van der Waals surface area contributed by atoms with Crippen molar-refractivity contribution in [3.63, 3.8) is 0 Å². The maximum Gasteiger partial charge on any atom is 0.269 e. The van der Waals surface area contributed by atoms with Crippen LogP contribution in [0.5, 0.6) is 0 Å². The molecule has 19 heavy (non-hydrogen) atoms. The van der Waals surface area contributed by atoms with Crippen molar-refractivity contribution in [3.05, 3.63) is 36.2 Å². The Kier molecular flexibility index (Phi) is 3.06. The Morgan fingerprint density at radius 2 is 2.42 bits per heavy atom. The minimum atomic E-state index is -0.0589. The number of carbonyl (C=O) groups is 1. The number of rotatable bonds is 3. The highest BCUT2D eigenvalue weighted by molar-refractivity contribution is 5.92. The van der Waals surface area contributed by atoms with Crippen molar-refractivity contribution in [1.82, 2.24) is 24.6 Å². The van der Waals surface area contributed by atoms with E-state index in [1.165, 1.54) is 0 Å². The number of fused-ring (bicyclic) bond motifs is 1. The molecule has 0 spiro atoms. The van der Waals surface area contributed by atoms with Gasteiger partial charge in [0, 0.05) is 45.1 Å². The Hall–Kier alpha value is -2.11. The minimum Gasteiger partial charge on any atom is -0.350 e. The van der Waals surface area contributed by atoms with Crippen molar-refractivity contribution < 1.29 is 4.79 Å². The molecule has 1 aliphatic heterocycles. The molecule has 1 atom stereocenters. The molecule has 2 aromatic rings. The van der Waals surface area contributed by atoms with Gasteiger partial charge in [-0.3, -0.25) is 9.48 Å². The van der Waals surface area contributed by atoms with E-state index >= 15 is 0 Å². The summed E-state index contributed by atoms with van der Waals surface area (Å²) in [5.74, 6) is 1.56. The molecule has 0 fully saturated rings. The van der Waals surface area contributed by atoms with Gasteiger partial charge >= 0.3 is 0 Å². The first-order valence-corrected chi connectivity index (χ1v) is 6.50. The number of imidazole rings is 1. The van der Waals surface area contributed by atoms with Crippen molar-refractivity contribution in [1.29, 1.82) is 0 Å². The highest BCUT2D eigenvalue weighted by Crippen LogP contribution is 2.17. The van der Waals surface area contributed by atoms with E-state index in [-0.39, 0.29) is 5.91 Å². The summed E-state index contributed by atoms with van der Waals surface area (Å²) in [6.45, 7) is 1.63. The van der Waals surface area contributed by atoms with Crippen molar-refractivity contribution in [2.45, 2.75) is 19.4 Å². The highest BCUT2D eigenvalue weighted by atomic mass is 16.2. The van der Waals surface area contributed by atoms with Gasteiger partial charge in [-0.25, -0.2) is 4.98 Å². The fourth-order valence-corrected chi connectivity index (χ4v) is 2.53. The van der Waals surface area contributed by atoms with Gasteiger partial charge in [0.1, 0.15) is 11.5 Å². The predicted octanol–water partition coefficient (Wildman–Crippen LogP) is 0.609. The van der Waals surface area contributed by atoms with Gasteiger partial charge in [0.2, 0.25) is 0 Å². The van der Waals surface area contributed by atoms with Gasteiger partial charge in [0.15, 0.2) is 0 Å². The second-order valence-electron chi connectivity index (χ2n) is 4.95. The number of hydrogen-bond donors (Lipinski definition) is 1. The molecule has 3 heterocycles. The highest BCUT2D eigenvalue weighted by Gasteiger charge is 2.19. The first-order chi connectivity index (χ1) is 9.24. The zero-order chi connectivity index (χ0) is 13.2. The molecule has 0 bridgehead atoms. The van der Waals surface area contributed by atoms with Gasteiger partial charge in [-0.2, -0.15) is 5.10 Å². The number of amides is 1. The molecule has 0 unspecified atom stereocenters. The van der Waals surface area contributed by atoms with Crippen molar-refractivity contribution in [2.24, 2.45) is 13.0 Å². The smallest absolute Gasteiger partial charge is 0.269 e. The number of carbonyl (C=O) groups excluding carboxylic acids is 1. The summed E-state index contributed by atoms with van der Waals surface area (Å²) < 4.78 is 3.76. The van der Waals surface area contributed by atoms with E-state index in [1.807, 2.05) is 12.4 Å². The Morgan fingerprint density at radius 3 is 3.21 bits per heavy atom. The summed E-state index contributed by atoms with van der Waals surface area (Å²) in [5, 5.41) is 6.98. The summed E-state index contributed by atoms with van der Waals surface area (Å²) in [4.78, 5) is 16.3.